The Morgan fingerprint density at radius 1 is 1.03 bits per heavy atom. The Kier molecular flexibility index (Phi) is 16.2. The first kappa shape index (κ1) is 48.1. The van der Waals surface area contributed by atoms with Crippen LogP contribution >= 0.6 is 0 Å². The number of likely N-dealkylation sites (N-methyl/N-ethyl adjacent to an activating group) is 1. The second-order valence-electron chi connectivity index (χ2n) is 18.2. The summed E-state index contributed by atoms with van der Waals surface area (Å²) >= 11 is 0. The highest BCUT2D eigenvalue weighted by Gasteiger charge is 2.76. The van der Waals surface area contributed by atoms with Crippen molar-refractivity contribution in [3.05, 3.63) is 41.5 Å². The lowest BCUT2D eigenvalue weighted by Gasteiger charge is -2.49. The number of hydrogen-bond acceptors (Lipinski definition) is 13. The first-order valence-electron chi connectivity index (χ1n) is 22.0. The van der Waals surface area contributed by atoms with Crippen molar-refractivity contribution in [1.29, 1.82) is 0 Å². The van der Waals surface area contributed by atoms with Gasteiger partial charge in [-0.15, -0.1) is 0 Å². The second-order valence-corrected chi connectivity index (χ2v) is 18.2. The molecule has 9 atom stereocenters. The van der Waals surface area contributed by atoms with Crippen LogP contribution in [-0.4, -0.2) is 131 Å². The van der Waals surface area contributed by atoms with Gasteiger partial charge in [0.2, 0.25) is 17.7 Å². The topological polar surface area (TPSA) is 202 Å². The normalized spacial score (nSPS) is 26.9. The van der Waals surface area contributed by atoms with Crippen LogP contribution in [0.2, 0.25) is 0 Å². The van der Waals surface area contributed by atoms with Crippen LogP contribution in [0.25, 0.3) is 6.08 Å². The summed E-state index contributed by atoms with van der Waals surface area (Å²) in [4.78, 5) is 76.2. The van der Waals surface area contributed by atoms with Gasteiger partial charge < -0.3 is 44.7 Å². The van der Waals surface area contributed by atoms with Gasteiger partial charge in [-0.05, 0) is 64.2 Å². The van der Waals surface area contributed by atoms with Crippen molar-refractivity contribution in [2.45, 2.75) is 179 Å². The molecule has 3 saturated heterocycles. The third-order valence-electron chi connectivity index (χ3n) is 11.9. The average Bonchev–Trinajstić information content (AvgIpc) is 3.75. The molecule has 4 aliphatic rings. The van der Waals surface area contributed by atoms with Gasteiger partial charge >= 0.3 is 11.9 Å². The summed E-state index contributed by atoms with van der Waals surface area (Å²) in [6.45, 7) is 10.3. The lowest BCUT2D eigenvalue weighted by molar-refractivity contribution is -0.224. The molecule has 61 heavy (non-hydrogen) atoms. The number of rotatable bonds is 21. The van der Waals surface area contributed by atoms with E-state index >= 15 is 4.79 Å². The van der Waals surface area contributed by atoms with Gasteiger partial charge in [-0.25, -0.2) is 0 Å². The largest absolute Gasteiger partial charge is 0.460 e. The number of ether oxygens (including phenoxy) is 4. The molecule has 3 amide bonds. The fraction of sp³-hybridized carbons (Fsp3) is 0.711. The molecular formula is C45H68N4O12. The van der Waals surface area contributed by atoms with Crippen molar-refractivity contribution < 1.29 is 58.0 Å². The number of hydroxylamine groups is 2. The first-order chi connectivity index (χ1) is 28.9. The Bertz CT molecular complexity index is 1740. The zero-order valence-corrected chi connectivity index (χ0v) is 37.1. The molecule has 0 spiro atoms. The van der Waals surface area contributed by atoms with Crippen molar-refractivity contribution in [3.8, 4) is 0 Å². The van der Waals surface area contributed by atoms with E-state index in [1.807, 2.05) is 24.3 Å². The number of unbranched alkanes of at least 4 members (excludes halogenated alkanes) is 4. The van der Waals surface area contributed by atoms with Crippen LogP contribution < -0.4 is 10.6 Å². The van der Waals surface area contributed by atoms with Gasteiger partial charge in [-0.2, -0.15) is 5.06 Å². The van der Waals surface area contributed by atoms with Crippen LogP contribution in [-0.2, 0) is 54.3 Å². The zero-order valence-electron chi connectivity index (χ0n) is 37.1. The van der Waals surface area contributed by atoms with Crippen LogP contribution in [0.15, 0.2) is 30.3 Å². The van der Waals surface area contributed by atoms with Gasteiger partial charge in [0, 0.05) is 45.9 Å². The molecule has 16 heteroatoms. The van der Waals surface area contributed by atoms with Crippen molar-refractivity contribution >= 4 is 35.7 Å². The van der Waals surface area contributed by atoms with Gasteiger partial charge in [0.05, 0.1) is 25.3 Å². The average molecular weight is 857 g/mol. The summed E-state index contributed by atoms with van der Waals surface area (Å²) < 4.78 is 25.3. The molecule has 1 aromatic carbocycles. The lowest BCUT2D eigenvalue weighted by atomic mass is 9.62. The van der Waals surface area contributed by atoms with Crippen LogP contribution in [0.3, 0.4) is 0 Å². The molecule has 4 fully saturated rings. The summed E-state index contributed by atoms with van der Waals surface area (Å²) in [7, 11) is 3.32. The highest BCUT2D eigenvalue weighted by Crippen LogP contribution is 2.58. The number of esters is 2. The minimum atomic E-state index is -1.65. The molecule has 1 aromatic rings. The molecule has 340 valence electrons. The maximum Gasteiger partial charge on any atom is 0.327 e. The molecule has 0 aromatic heterocycles. The van der Waals surface area contributed by atoms with E-state index in [1.165, 1.54) is 23.0 Å². The summed E-state index contributed by atoms with van der Waals surface area (Å²) in [6, 6.07) is 3.68. The van der Waals surface area contributed by atoms with E-state index in [2.05, 4.69) is 24.5 Å². The van der Waals surface area contributed by atoms with Crippen molar-refractivity contribution in [2.24, 2.45) is 5.41 Å². The number of nitrogens with zero attached hydrogens (tertiary/aromatic N) is 2. The SMILES string of the molecule is CCCCCC1(CCCCC)O[C@@H]2[C@H](O1)[C@H]1ON(Cc3cccc(C=CC(=O)N(C)C)c3)[C@H]3C(=O)O[C@@H]2C[C@@]13C(=O)N[C@@H](C(=O)N[C@H](CO)CCC(=O)OC(C)(C)C)[C@H](C)O. The first-order valence-corrected chi connectivity index (χ1v) is 22.0. The standard InChI is InChI=1S/C45H68N4O12/c1-9-11-13-22-44(23-14-12-10-2)59-36-32-25-45(42(56)47-35(28(3)51)40(54)46-31(27-50)19-21-34(53)58-43(4,5)6)38(41(55)57-32)49(61-39(45)37(36)60-44)26-30-17-15-16-29(24-30)18-20-33(52)48(7)8/h15-18,20,24,28,31-32,35-39,50-51H,9-14,19,21-23,25-27H2,1-8H3,(H,46,54)(H,47,56)/t28-,31-,32+,35+,36-,37-,38-,39+,45-/m0/s1. The quantitative estimate of drug-likeness (QED) is 0.0793. The molecule has 3 heterocycles. The number of aliphatic hydroxyl groups is 2. The van der Waals surface area contributed by atoms with E-state index in [0.29, 0.717) is 12.8 Å². The highest BCUT2D eigenvalue weighted by molar-refractivity contribution is 5.96. The summed E-state index contributed by atoms with van der Waals surface area (Å²) in [5.74, 6) is -3.87. The van der Waals surface area contributed by atoms with Gasteiger partial charge in [0.25, 0.3) is 0 Å². The van der Waals surface area contributed by atoms with Crippen LogP contribution in [0, 0.1) is 5.41 Å². The third kappa shape index (κ3) is 11.4. The van der Waals surface area contributed by atoms with Gasteiger partial charge in [0.15, 0.2) is 11.8 Å². The lowest BCUT2D eigenvalue weighted by Crippen LogP contribution is -2.71. The number of aliphatic hydroxyl groups excluding tert-OH is 2. The van der Waals surface area contributed by atoms with Gasteiger partial charge in [-0.1, -0.05) is 63.8 Å². The number of benzene rings is 1. The minimum Gasteiger partial charge on any atom is -0.460 e. The van der Waals surface area contributed by atoms with E-state index in [4.69, 9.17) is 23.8 Å². The molecular weight excluding hydrogens is 789 g/mol. The summed E-state index contributed by atoms with van der Waals surface area (Å²) in [6.07, 6.45) is 5.06. The Labute approximate surface area is 359 Å². The van der Waals surface area contributed by atoms with Crippen molar-refractivity contribution in [2.75, 3.05) is 20.7 Å². The predicted molar refractivity (Wildman–Crippen MR) is 224 cm³/mol. The Balaban J connectivity index is 1.47. The maximum atomic E-state index is 15.1. The molecule has 1 saturated carbocycles. The summed E-state index contributed by atoms with van der Waals surface area (Å²) in [5, 5.41) is 28.0. The molecule has 4 N–H and O–H groups in total. The smallest absolute Gasteiger partial charge is 0.327 e. The van der Waals surface area contributed by atoms with Gasteiger partial charge in [0.1, 0.15) is 41.5 Å². The van der Waals surface area contributed by atoms with E-state index in [0.717, 1.165) is 49.7 Å². The van der Waals surface area contributed by atoms with Crippen molar-refractivity contribution in [3.63, 3.8) is 0 Å². The highest BCUT2D eigenvalue weighted by atomic mass is 16.8. The summed E-state index contributed by atoms with van der Waals surface area (Å²) in [5.41, 5.74) is -0.907. The monoisotopic (exact) mass is 856 g/mol. The molecule has 1 aliphatic carbocycles. The number of carbonyl (C=O) groups is 5. The Hall–Kier alpha value is -3.93. The number of carbonyl (C=O) groups excluding carboxylic acids is 5. The molecule has 3 aliphatic heterocycles. The molecule has 2 bridgehead atoms. The maximum absolute atomic E-state index is 15.1. The van der Waals surface area contributed by atoms with Gasteiger partial charge in [-0.3, -0.25) is 28.8 Å². The van der Waals surface area contributed by atoms with E-state index < -0.39 is 95.8 Å². The fourth-order valence-electron chi connectivity index (χ4n) is 8.85. The van der Waals surface area contributed by atoms with E-state index in [-0.39, 0.29) is 31.7 Å². The minimum absolute atomic E-state index is 0.000337. The molecule has 16 nitrogen and oxygen atoms in total. The number of hydrogen-bond donors (Lipinski definition) is 4. The van der Waals surface area contributed by atoms with Crippen LogP contribution in [0.1, 0.15) is 123 Å². The third-order valence-corrected chi connectivity index (χ3v) is 11.9. The zero-order chi connectivity index (χ0) is 44.7. The fourth-order valence-corrected chi connectivity index (χ4v) is 8.85. The molecule has 0 radical (unpaired) electrons. The molecule has 5 rings (SSSR count). The van der Waals surface area contributed by atoms with Crippen molar-refractivity contribution in [1.82, 2.24) is 20.6 Å². The van der Waals surface area contributed by atoms with Crippen LogP contribution in [0.4, 0.5) is 0 Å². The number of nitrogens with one attached hydrogen (secondary N) is 2. The predicted octanol–water partition coefficient (Wildman–Crippen LogP) is 3.69. The van der Waals surface area contributed by atoms with E-state index in [1.54, 1.807) is 40.9 Å². The van der Waals surface area contributed by atoms with Crippen LogP contribution in [0.5, 0.6) is 0 Å². The number of amides is 3. The molecule has 0 unspecified atom stereocenters. The second kappa shape index (κ2) is 20.5. The van der Waals surface area contributed by atoms with E-state index in [9.17, 15) is 29.4 Å². The Morgan fingerprint density at radius 2 is 1.70 bits per heavy atom. The number of fused-ring (bicyclic) bond motifs is 4. The Morgan fingerprint density at radius 3 is 2.31 bits per heavy atom.